The van der Waals surface area contributed by atoms with Gasteiger partial charge in [-0.15, -0.1) is 0 Å². The summed E-state index contributed by atoms with van der Waals surface area (Å²) in [6.45, 7) is 7.38. The van der Waals surface area contributed by atoms with Gasteiger partial charge in [0.1, 0.15) is 0 Å². The summed E-state index contributed by atoms with van der Waals surface area (Å²) in [5, 5.41) is 20.5. The van der Waals surface area contributed by atoms with Crippen LogP contribution >= 0.6 is 0 Å². The topological polar surface area (TPSA) is 66.8 Å². The number of carbonyl (C=O) groups is 1. The van der Waals surface area contributed by atoms with Crippen molar-refractivity contribution < 1.29 is 19.7 Å². The van der Waals surface area contributed by atoms with Gasteiger partial charge in [0.25, 0.3) is 0 Å². The second-order valence-corrected chi connectivity index (χ2v) is 11.7. The summed E-state index contributed by atoms with van der Waals surface area (Å²) in [7, 11) is 1.49. The van der Waals surface area contributed by atoms with Crippen molar-refractivity contribution in [3.63, 3.8) is 0 Å². The molecule has 8 atom stereocenters. The first-order valence-electron chi connectivity index (χ1n) is 12.1. The third-order valence-corrected chi connectivity index (χ3v) is 10.5. The van der Waals surface area contributed by atoms with Crippen LogP contribution in [-0.2, 0) is 9.53 Å². The molecule has 4 nitrogen and oxygen atoms in total. The lowest BCUT2D eigenvalue weighted by molar-refractivity contribution is -0.233. The number of rotatable bonds is 4. The summed E-state index contributed by atoms with van der Waals surface area (Å²) in [6.07, 6.45) is 11.3. The molecule has 0 heterocycles. The molecule has 0 bridgehead atoms. The number of ether oxygens (including phenoxy) is 1. The average Bonchev–Trinajstić information content (AvgIpc) is 3.03. The van der Waals surface area contributed by atoms with E-state index in [2.05, 4.69) is 20.8 Å². The van der Waals surface area contributed by atoms with E-state index in [1.807, 2.05) is 0 Å². The molecule has 4 heteroatoms. The van der Waals surface area contributed by atoms with Crippen LogP contribution in [0.3, 0.4) is 0 Å². The molecule has 0 aromatic heterocycles. The van der Waals surface area contributed by atoms with Crippen molar-refractivity contribution >= 4 is 5.97 Å². The molecule has 4 rings (SSSR count). The van der Waals surface area contributed by atoms with Gasteiger partial charge in [0, 0.05) is 19.3 Å². The van der Waals surface area contributed by atoms with Gasteiger partial charge in [-0.3, -0.25) is 4.79 Å². The molecule has 8 unspecified atom stereocenters. The highest BCUT2D eigenvalue weighted by Gasteiger charge is 2.61. The summed E-state index contributed by atoms with van der Waals surface area (Å²) in [4.78, 5) is 11.6. The van der Waals surface area contributed by atoms with E-state index in [1.165, 1.54) is 39.2 Å². The molecule has 0 radical (unpaired) electrons. The smallest absolute Gasteiger partial charge is 0.305 e. The molecule has 0 amide bonds. The molecular formula is C25H42O4. The summed E-state index contributed by atoms with van der Waals surface area (Å²) in [6, 6.07) is 0. The van der Waals surface area contributed by atoms with Gasteiger partial charge in [0.2, 0.25) is 0 Å². The molecule has 0 saturated heterocycles. The number of carbonyl (C=O) groups excluding carboxylic acids is 1. The van der Waals surface area contributed by atoms with E-state index in [1.54, 1.807) is 0 Å². The maximum absolute atomic E-state index is 11.6. The molecule has 0 aliphatic heterocycles. The third kappa shape index (κ3) is 3.56. The summed E-state index contributed by atoms with van der Waals surface area (Å²) < 4.78 is 4.87. The van der Waals surface area contributed by atoms with E-state index in [4.69, 9.17) is 4.74 Å². The van der Waals surface area contributed by atoms with E-state index in [9.17, 15) is 15.0 Å². The second-order valence-electron chi connectivity index (χ2n) is 11.7. The highest BCUT2D eigenvalue weighted by molar-refractivity contribution is 5.69. The Morgan fingerprint density at radius 2 is 1.72 bits per heavy atom. The van der Waals surface area contributed by atoms with Crippen molar-refractivity contribution in [2.45, 2.75) is 97.2 Å². The van der Waals surface area contributed by atoms with E-state index in [0.29, 0.717) is 36.5 Å². The molecule has 0 aromatic rings. The minimum Gasteiger partial charge on any atom is -0.469 e. The fourth-order valence-corrected chi connectivity index (χ4v) is 8.85. The number of hydrogen-bond acceptors (Lipinski definition) is 4. The summed E-state index contributed by atoms with van der Waals surface area (Å²) in [5.41, 5.74) is 0.695. The standard InChI is InChI=1S/C25H42O4/c1-16(5-10-22(26)29-4)19-8-9-20-18-7-6-17-15-25(27,28)14-13-23(17,2)21(18)11-12-24(19,20)3/h16-21,27-28H,5-15H2,1-4H3. The van der Waals surface area contributed by atoms with Gasteiger partial charge in [-0.2, -0.15) is 0 Å². The van der Waals surface area contributed by atoms with Crippen LogP contribution in [0.5, 0.6) is 0 Å². The lowest BCUT2D eigenvalue weighted by atomic mass is 9.44. The van der Waals surface area contributed by atoms with Gasteiger partial charge in [-0.25, -0.2) is 0 Å². The quantitative estimate of drug-likeness (QED) is 0.514. The number of aliphatic hydroxyl groups is 2. The Morgan fingerprint density at radius 3 is 2.45 bits per heavy atom. The lowest BCUT2D eigenvalue weighted by Gasteiger charge is -2.61. The first-order chi connectivity index (χ1) is 13.6. The molecule has 0 spiro atoms. The normalized spacial score (nSPS) is 46.9. The minimum absolute atomic E-state index is 0.0763. The van der Waals surface area contributed by atoms with Crippen LogP contribution in [0.2, 0.25) is 0 Å². The van der Waals surface area contributed by atoms with Crippen molar-refractivity contribution in [2.75, 3.05) is 7.11 Å². The molecule has 2 N–H and O–H groups in total. The Balaban J connectivity index is 1.49. The van der Waals surface area contributed by atoms with Crippen molar-refractivity contribution in [1.82, 2.24) is 0 Å². The van der Waals surface area contributed by atoms with Crippen LogP contribution in [0.4, 0.5) is 0 Å². The molecular weight excluding hydrogens is 364 g/mol. The largest absolute Gasteiger partial charge is 0.469 e. The molecule has 4 aliphatic rings. The molecule has 4 saturated carbocycles. The Bertz CT molecular complexity index is 630. The van der Waals surface area contributed by atoms with Gasteiger partial charge in [-0.1, -0.05) is 20.8 Å². The van der Waals surface area contributed by atoms with Crippen LogP contribution in [-0.4, -0.2) is 29.1 Å². The molecule has 0 aromatic carbocycles. The molecule has 166 valence electrons. The number of fused-ring (bicyclic) bond motifs is 5. The fourth-order valence-electron chi connectivity index (χ4n) is 8.85. The van der Waals surface area contributed by atoms with Crippen LogP contribution in [0.25, 0.3) is 0 Å². The Labute approximate surface area is 176 Å². The minimum atomic E-state index is -1.44. The van der Waals surface area contributed by atoms with Gasteiger partial charge >= 0.3 is 5.97 Å². The second kappa shape index (κ2) is 7.51. The molecule has 4 fully saturated rings. The van der Waals surface area contributed by atoms with Gasteiger partial charge in [-0.05, 0) is 97.7 Å². The predicted octanol–water partition coefficient (Wildman–Crippen LogP) is 4.92. The fraction of sp³-hybridized carbons (Fsp3) is 0.960. The predicted molar refractivity (Wildman–Crippen MR) is 113 cm³/mol. The van der Waals surface area contributed by atoms with E-state index in [0.717, 1.165) is 42.9 Å². The number of hydrogen-bond donors (Lipinski definition) is 2. The third-order valence-electron chi connectivity index (χ3n) is 10.5. The molecule has 29 heavy (non-hydrogen) atoms. The highest BCUT2D eigenvalue weighted by atomic mass is 16.5. The van der Waals surface area contributed by atoms with E-state index in [-0.39, 0.29) is 11.4 Å². The van der Waals surface area contributed by atoms with Crippen molar-refractivity contribution in [3.05, 3.63) is 0 Å². The first-order valence-corrected chi connectivity index (χ1v) is 12.1. The summed E-state index contributed by atoms with van der Waals surface area (Å²) in [5.74, 6) is 2.61. The Hall–Kier alpha value is -0.610. The first kappa shape index (κ1) is 21.6. The van der Waals surface area contributed by atoms with Crippen molar-refractivity contribution in [1.29, 1.82) is 0 Å². The van der Waals surface area contributed by atoms with E-state index >= 15 is 0 Å². The highest BCUT2D eigenvalue weighted by Crippen LogP contribution is 2.68. The SMILES string of the molecule is COC(=O)CCC(C)C1CCC2C3CCC4CC(O)(O)CCC4(C)C3CCC12C. The van der Waals surface area contributed by atoms with Crippen molar-refractivity contribution in [2.24, 2.45) is 46.3 Å². The van der Waals surface area contributed by atoms with Crippen LogP contribution in [0.15, 0.2) is 0 Å². The molecule has 4 aliphatic carbocycles. The van der Waals surface area contributed by atoms with Crippen LogP contribution in [0.1, 0.15) is 91.4 Å². The van der Waals surface area contributed by atoms with Crippen molar-refractivity contribution in [3.8, 4) is 0 Å². The average molecular weight is 407 g/mol. The maximum atomic E-state index is 11.6. The zero-order valence-corrected chi connectivity index (χ0v) is 19.0. The summed E-state index contributed by atoms with van der Waals surface area (Å²) >= 11 is 0. The van der Waals surface area contributed by atoms with Crippen LogP contribution in [0, 0.1) is 46.3 Å². The number of esters is 1. The number of methoxy groups -OCH3 is 1. The Kier molecular flexibility index (Phi) is 5.60. The maximum Gasteiger partial charge on any atom is 0.305 e. The van der Waals surface area contributed by atoms with Crippen LogP contribution < -0.4 is 0 Å². The zero-order chi connectivity index (χ0) is 21.0. The Morgan fingerprint density at radius 1 is 1.00 bits per heavy atom. The van der Waals surface area contributed by atoms with Gasteiger partial charge in [0.15, 0.2) is 5.79 Å². The van der Waals surface area contributed by atoms with E-state index < -0.39 is 5.79 Å². The van der Waals surface area contributed by atoms with Gasteiger partial charge < -0.3 is 14.9 Å². The zero-order valence-electron chi connectivity index (χ0n) is 19.0. The lowest BCUT2D eigenvalue weighted by Crippen LogP contribution is -2.56. The van der Waals surface area contributed by atoms with Gasteiger partial charge in [0.05, 0.1) is 7.11 Å². The monoisotopic (exact) mass is 406 g/mol.